The average Bonchev–Trinajstić information content (AvgIpc) is 3.26. The third-order valence-corrected chi connectivity index (χ3v) is 3.85. The number of anilines is 2. The summed E-state index contributed by atoms with van der Waals surface area (Å²) in [5.41, 5.74) is 6.96. The van der Waals surface area contributed by atoms with E-state index >= 15 is 0 Å². The van der Waals surface area contributed by atoms with Crippen LogP contribution in [0.3, 0.4) is 0 Å². The first-order chi connectivity index (χ1) is 9.65. The van der Waals surface area contributed by atoms with Crippen molar-refractivity contribution in [3.05, 3.63) is 11.4 Å². The molecule has 3 N–H and O–H groups in total. The lowest BCUT2D eigenvalue weighted by Gasteiger charge is -2.20. The van der Waals surface area contributed by atoms with Crippen molar-refractivity contribution >= 4 is 11.6 Å². The highest BCUT2D eigenvalue weighted by atomic mass is 15.1. The van der Waals surface area contributed by atoms with Gasteiger partial charge >= 0.3 is 0 Å². The second-order valence-electron chi connectivity index (χ2n) is 5.58. The van der Waals surface area contributed by atoms with Crippen molar-refractivity contribution in [2.45, 2.75) is 46.0 Å². The molecular formula is C15H27N5. The van der Waals surface area contributed by atoms with Gasteiger partial charge in [-0.3, -0.25) is 0 Å². The summed E-state index contributed by atoms with van der Waals surface area (Å²) in [5, 5.41) is 3.43. The van der Waals surface area contributed by atoms with Gasteiger partial charge in [-0.05, 0) is 39.3 Å². The normalized spacial score (nSPS) is 14.8. The lowest BCUT2D eigenvalue weighted by molar-refractivity contribution is 0.300. The molecule has 112 valence electrons. The highest BCUT2D eigenvalue weighted by molar-refractivity contribution is 5.55. The Morgan fingerprint density at radius 1 is 1.25 bits per heavy atom. The van der Waals surface area contributed by atoms with Crippen molar-refractivity contribution in [1.29, 1.82) is 0 Å². The van der Waals surface area contributed by atoms with E-state index in [2.05, 4.69) is 34.0 Å². The fraction of sp³-hybridized carbons (Fsp3) is 0.733. The molecule has 0 saturated heterocycles. The maximum Gasteiger partial charge on any atom is 0.136 e. The van der Waals surface area contributed by atoms with Crippen molar-refractivity contribution in [1.82, 2.24) is 14.9 Å². The second-order valence-corrected chi connectivity index (χ2v) is 5.58. The number of likely N-dealkylation sites (N-methyl/N-ethyl adjacent to an activating group) is 1. The van der Waals surface area contributed by atoms with Crippen LogP contribution in [0.4, 0.5) is 11.6 Å². The zero-order chi connectivity index (χ0) is 14.5. The molecule has 2 rings (SSSR count). The zero-order valence-electron chi connectivity index (χ0n) is 12.9. The maximum absolute atomic E-state index is 5.99. The highest BCUT2D eigenvalue weighted by Gasteiger charge is 2.27. The van der Waals surface area contributed by atoms with E-state index in [4.69, 9.17) is 5.73 Å². The van der Waals surface area contributed by atoms with E-state index in [9.17, 15) is 0 Å². The topological polar surface area (TPSA) is 67.1 Å². The molecule has 1 aromatic heterocycles. The summed E-state index contributed by atoms with van der Waals surface area (Å²) in [6, 6.07) is 0. The molecule has 0 bridgehead atoms. The first kappa shape index (κ1) is 15.0. The molecular weight excluding hydrogens is 250 g/mol. The predicted octanol–water partition coefficient (Wildman–Crippen LogP) is 2.39. The number of nitrogen functional groups attached to an aromatic ring is 1. The summed E-state index contributed by atoms with van der Waals surface area (Å²) in [5.74, 6) is 2.97. The highest BCUT2D eigenvalue weighted by Crippen LogP contribution is 2.39. The fourth-order valence-corrected chi connectivity index (χ4v) is 2.32. The molecule has 1 aliphatic carbocycles. The van der Waals surface area contributed by atoms with Gasteiger partial charge < -0.3 is 16.0 Å². The van der Waals surface area contributed by atoms with Gasteiger partial charge in [-0.25, -0.2) is 9.97 Å². The molecule has 0 radical (unpaired) electrons. The molecule has 0 aliphatic heterocycles. The van der Waals surface area contributed by atoms with E-state index in [0.717, 1.165) is 43.4 Å². The monoisotopic (exact) mass is 277 g/mol. The van der Waals surface area contributed by atoms with Crippen LogP contribution in [0, 0.1) is 6.92 Å². The Morgan fingerprint density at radius 2 is 2.00 bits per heavy atom. The van der Waals surface area contributed by atoms with Crippen LogP contribution in [0.15, 0.2) is 0 Å². The first-order valence-corrected chi connectivity index (χ1v) is 7.75. The Balaban J connectivity index is 1.94. The quantitative estimate of drug-likeness (QED) is 0.763. The largest absolute Gasteiger partial charge is 0.383 e. The summed E-state index contributed by atoms with van der Waals surface area (Å²) in [4.78, 5) is 11.5. The molecule has 1 fully saturated rings. The average molecular weight is 277 g/mol. The second kappa shape index (κ2) is 6.88. The molecule has 5 heteroatoms. The third-order valence-electron chi connectivity index (χ3n) is 3.85. The Labute approximate surface area is 122 Å². The van der Waals surface area contributed by atoms with E-state index < -0.39 is 0 Å². The summed E-state index contributed by atoms with van der Waals surface area (Å²) in [6.07, 6.45) is 3.59. The minimum atomic E-state index is 0.533. The number of nitrogens with zero attached hydrogens (tertiary/aromatic N) is 3. The van der Waals surface area contributed by atoms with Crippen LogP contribution in [0.1, 0.15) is 50.4 Å². The van der Waals surface area contributed by atoms with E-state index in [-0.39, 0.29) is 0 Å². The lowest BCUT2D eigenvalue weighted by Crippen LogP contribution is -2.30. The number of aromatic nitrogens is 2. The van der Waals surface area contributed by atoms with Crippen LogP contribution in [0.5, 0.6) is 0 Å². The third kappa shape index (κ3) is 3.82. The Kier molecular flexibility index (Phi) is 5.17. The van der Waals surface area contributed by atoms with Gasteiger partial charge in [0.25, 0.3) is 0 Å². The number of rotatable bonds is 8. The van der Waals surface area contributed by atoms with Crippen LogP contribution < -0.4 is 11.1 Å². The number of nitrogens with two attached hydrogens (primary N) is 1. The first-order valence-electron chi connectivity index (χ1n) is 7.75. The molecule has 1 saturated carbocycles. The summed E-state index contributed by atoms with van der Waals surface area (Å²) < 4.78 is 0. The van der Waals surface area contributed by atoms with Gasteiger partial charge in [-0.1, -0.05) is 13.8 Å². The standard InChI is InChI=1S/C15H27N5/c1-4-9-20(5-2)10-8-17-14-11(3)13(16)18-15(19-14)12-6-7-12/h12H,4-10H2,1-3H3,(H3,16,17,18,19). The molecule has 0 atom stereocenters. The number of hydrogen-bond donors (Lipinski definition) is 2. The van der Waals surface area contributed by atoms with Crippen LogP contribution in [-0.2, 0) is 0 Å². The van der Waals surface area contributed by atoms with Crippen molar-refractivity contribution in [2.24, 2.45) is 0 Å². The summed E-state index contributed by atoms with van der Waals surface area (Å²) in [6.45, 7) is 10.6. The van der Waals surface area contributed by atoms with Crippen molar-refractivity contribution in [3.63, 3.8) is 0 Å². The van der Waals surface area contributed by atoms with Gasteiger partial charge in [0, 0.05) is 24.6 Å². The smallest absolute Gasteiger partial charge is 0.136 e. The van der Waals surface area contributed by atoms with Gasteiger partial charge in [0.15, 0.2) is 0 Å². The summed E-state index contributed by atoms with van der Waals surface area (Å²) in [7, 11) is 0. The molecule has 1 aliphatic rings. The number of nitrogens with one attached hydrogen (secondary N) is 1. The molecule has 0 aromatic carbocycles. The molecule has 0 spiro atoms. The molecule has 20 heavy (non-hydrogen) atoms. The Hall–Kier alpha value is -1.36. The Morgan fingerprint density at radius 3 is 2.60 bits per heavy atom. The van der Waals surface area contributed by atoms with Gasteiger partial charge in [0.1, 0.15) is 17.5 Å². The van der Waals surface area contributed by atoms with Crippen LogP contribution in [0.25, 0.3) is 0 Å². The zero-order valence-corrected chi connectivity index (χ0v) is 12.9. The van der Waals surface area contributed by atoms with E-state index in [1.165, 1.54) is 19.3 Å². The van der Waals surface area contributed by atoms with Gasteiger partial charge in [-0.15, -0.1) is 0 Å². The van der Waals surface area contributed by atoms with E-state index in [1.54, 1.807) is 0 Å². The molecule has 1 aromatic rings. The molecule has 1 heterocycles. The fourth-order valence-electron chi connectivity index (χ4n) is 2.32. The molecule has 0 unspecified atom stereocenters. The van der Waals surface area contributed by atoms with Crippen LogP contribution in [0.2, 0.25) is 0 Å². The maximum atomic E-state index is 5.99. The number of hydrogen-bond acceptors (Lipinski definition) is 5. The van der Waals surface area contributed by atoms with Gasteiger partial charge in [0.05, 0.1) is 0 Å². The van der Waals surface area contributed by atoms with Crippen molar-refractivity contribution < 1.29 is 0 Å². The van der Waals surface area contributed by atoms with E-state index in [0.29, 0.717) is 11.7 Å². The lowest BCUT2D eigenvalue weighted by atomic mass is 10.3. The SMILES string of the molecule is CCCN(CC)CCNc1nc(C2CC2)nc(N)c1C. The predicted molar refractivity (Wildman–Crippen MR) is 84.1 cm³/mol. The van der Waals surface area contributed by atoms with Crippen LogP contribution in [-0.4, -0.2) is 41.0 Å². The van der Waals surface area contributed by atoms with Gasteiger partial charge in [-0.2, -0.15) is 0 Å². The van der Waals surface area contributed by atoms with Crippen molar-refractivity contribution in [2.75, 3.05) is 37.2 Å². The molecule has 0 amide bonds. The van der Waals surface area contributed by atoms with Crippen molar-refractivity contribution in [3.8, 4) is 0 Å². The Bertz CT molecular complexity index is 442. The minimum absolute atomic E-state index is 0.533. The van der Waals surface area contributed by atoms with Crippen LogP contribution >= 0.6 is 0 Å². The summed E-state index contributed by atoms with van der Waals surface area (Å²) >= 11 is 0. The van der Waals surface area contributed by atoms with Gasteiger partial charge in [0.2, 0.25) is 0 Å². The molecule has 5 nitrogen and oxygen atoms in total. The minimum Gasteiger partial charge on any atom is -0.383 e. The van der Waals surface area contributed by atoms with E-state index in [1.807, 2.05) is 6.92 Å².